The molecule has 0 bridgehead atoms. The second-order valence-electron chi connectivity index (χ2n) is 11.3. The average molecular weight is 676 g/mol. The van der Waals surface area contributed by atoms with E-state index < -0.39 is 10.0 Å². The van der Waals surface area contributed by atoms with Crippen LogP contribution in [0.2, 0.25) is 5.02 Å². The molecule has 0 saturated carbocycles. The van der Waals surface area contributed by atoms with Crippen LogP contribution in [0, 0.1) is 0 Å². The van der Waals surface area contributed by atoms with Gasteiger partial charge in [0.2, 0.25) is 10.0 Å². The fraction of sp³-hybridized carbons (Fsp3) is 0.294. The molecule has 2 aliphatic rings. The standard InChI is InChI=1S/C34H34ClN5O4S2/c1-2-44-27-15-13-26(14-16-27)36-33(45)31-30(23-9-11-25(35)12-10-23)29-8-3-4-17-39-32(37-40(31)34(29)39)24-6-5-7-28(22-24)46(41,42)38-18-20-43-21-19-38/h5-7,9-16,22H,2-4,8,17-21H2,1H3,(H,36,45). The van der Waals surface area contributed by atoms with Crippen molar-refractivity contribution in [3.63, 3.8) is 0 Å². The number of anilines is 1. The van der Waals surface area contributed by atoms with Crippen molar-refractivity contribution < 1.29 is 17.9 Å². The summed E-state index contributed by atoms with van der Waals surface area (Å²) >= 11 is 12.4. The molecular weight excluding hydrogens is 642 g/mol. The van der Waals surface area contributed by atoms with Gasteiger partial charge in [-0.1, -0.05) is 48.1 Å². The van der Waals surface area contributed by atoms with Crippen LogP contribution in [0.4, 0.5) is 5.69 Å². The number of halogens is 1. The first-order valence-corrected chi connectivity index (χ1v) is 17.7. The Morgan fingerprint density at radius 3 is 2.50 bits per heavy atom. The number of benzene rings is 3. The Labute approximate surface area is 278 Å². The summed E-state index contributed by atoms with van der Waals surface area (Å²) in [6.45, 7) is 4.75. The highest BCUT2D eigenvalue weighted by Gasteiger charge is 2.31. The number of hydrogen-bond donors (Lipinski definition) is 1. The van der Waals surface area contributed by atoms with Gasteiger partial charge < -0.3 is 19.4 Å². The molecule has 5 aromatic rings. The summed E-state index contributed by atoms with van der Waals surface area (Å²) < 4.78 is 43.8. The fourth-order valence-corrected chi connectivity index (χ4v) is 8.20. The number of thiocarbonyl (C=S) groups is 1. The van der Waals surface area contributed by atoms with E-state index in [1.54, 1.807) is 18.2 Å². The molecular formula is C34H34ClN5O4S2. The second-order valence-corrected chi connectivity index (χ2v) is 14.1. The van der Waals surface area contributed by atoms with Crippen molar-refractivity contribution in [3.05, 3.63) is 89.1 Å². The number of aromatic nitrogens is 3. The highest BCUT2D eigenvalue weighted by atomic mass is 35.5. The lowest BCUT2D eigenvalue weighted by atomic mass is 9.98. The number of aryl methyl sites for hydroxylation is 2. The van der Waals surface area contributed by atoms with Gasteiger partial charge in [0, 0.05) is 47.0 Å². The zero-order chi connectivity index (χ0) is 31.8. The molecule has 3 aromatic carbocycles. The molecule has 238 valence electrons. The molecule has 0 amide bonds. The predicted octanol–water partition coefficient (Wildman–Crippen LogP) is 6.67. The lowest BCUT2D eigenvalue weighted by molar-refractivity contribution is 0.0730. The topological polar surface area (TPSA) is 90.1 Å². The first-order chi connectivity index (χ1) is 22.3. The van der Waals surface area contributed by atoms with Crippen LogP contribution < -0.4 is 10.1 Å². The smallest absolute Gasteiger partial charge is 0.243 e. The highest BCUT2D eigenvalue weighted by Crippen LogP contribution is 2.39. The Morgan fingerprint density at radius 2 is 1.76 bits per heavy atom. The third-order valence-corrected chi connectivity index (χ3v) is 10.9. The van der Waals surface area contributed by atoms with Gasteiger partial charge in [0.15, 0.2) is 5.82 Å². The minimum atomic E-state index is -3.68. The lowest BCUT2D eigenvalue weighted by Gasteiger charge is -2.26. The second kappa shape index (κ2) is 12.8. The number of morpholine rings is 1. The van der Waals surface area contributed by atoms with E-state index in [2.05, 4.69) is 9.88 Å². The van der Waals surface area contributed by atoms with Crippen molar-refractivity contribution in [2.45, 2.75) is 37.6 Å². The van der Waals surface area contributed by atoms with Gasteiger partial charge in [0.1, 0.15) is 22.1 Å². The van der Waals surface area contributed by atoms with Crippen molar-refractivity contribution >= 4 is 50.2 Å². The number of hydrogen-bond acceptors (Lipinski definition) is 6. The van der Waals surface area contributed by atoms with E-state index in [1.165, 1.54) is 4.31 Å². The highest BCUT2D eigenvalue weighted by molar-refractivity contribution is 7.89. The molecule has 2 aliphatic heterocycles. The Bertz CT molecular complexity index is 2020. The molecule has 2 aromatic heterocycles. The van der Waals surface area contributed by atoms with Crippen LogP contribution in [-0.4, -0.2) is 64.8 Å². The molecule has 46 heavy (non-hydrogen) atoms. The predicted molar refractivity (Wildman–Crippen MR) is 185 cm³/mol. The lowest BCUT2D eigenvalue weighted by Crippen LogP contribution is -2.40. The zero-order valence-corrected chi connectivity index (χ0v) is 27.8. The van der Waals surface area contributed by atoms with E-state index in [4.69, 9.17) is 38.4 Å². The van der Waals surface area contributed by atoms with Crippen molar-refractivity contribution in [2.24, 2.45) is 0 Å². The number of ether oxygens (including phenoxy) is 2. The van der Waals surface area contributed by atoms with Crippen LogP contribution in [0.25, 0.3) is 28.2 Å². The van der Waals surface area contributed by atoms with E-state index in [-0.39, 0.29) is 4.90 Å². The molecule has 0 spiro atoms. The minimum absolute atomic E-state index is 0.246. The van der Waals surface area contributed by atoms with Gasteiger partial charge in [0.05, 0.1) is 24.7 Å². The third-order valence-electron chi connectivity index (χ3n) is 8.46. The molecule has 1 fully saturated rings. The molecule has 0 radical (unpaired) electrons. The van der Waals surface area contributed by atoms with E-state index in [0.29, 0.717) is 48.7 Å². The monoisotopic (exact) mass is 675 g/mol. The van der Waals surface area contributed by atoms with Crippen molar-refractivity contribution in [2.75, 3.05) is 38.2 Å². The van der Waals surface area contributed by atoms with Crippen molar-refractivity contribution in [3.8, 4) is 28.3 Å². The molecule has 4 heterocycles. The third kappa shape index (κ3) is 5.71. The number of nitrogens with one attached hydrogen (secondary N) is 1. The minimum Gasteiger partial charge on any atom is -0.494 e. The maximum Gasteiger partial charge on any atom is 0.243 e. The average Bonchev–Trinajstić information content (AvgIpc) is 3.50. The van der Waals surface area contributed by atoms with Crippen LogP contribution in [0.3, 0.4) is 0 Å². The van der Waals surface area contributed by atoms with Gasteiger partial charge >= 0.3 is 0 Å². The van der Waals surface area contributed by atoms with Gasteiger partial charge in [-0.15, -0.1) is 5.10 Å². The number of sulfonamides is 1. The quantitative estimate of drug-likeness (QED) is 0.184. The van der Waals surface area contributed by atoms with E-state index in [1.807, 2.05) is 66.0 Å². The largest absolute Gasteiger partial charge is 0.494 e. The van der Waals surface area contributed by atoms with Gasteiger partial charge in [-0.2, -0.15) is 4.31 Å². The molecule has 0 aliphatic carbocycles. The Morgan fingerprint density at radius 1 is 1.00 bits per heavy atom. The summed E-state index contributed by atoms with van der Waals surface area (Å²) in [5, 5.41) is 9.27. The van der Waals surface area contributed by atoms with Gasteiger partial charge in [-0.3, -0.25) is 0 Å². The summed E-state index contributed by atoms with van der Waals surface area (Å²) in [7, 11) is -3.68. The SMILES string of the molecule is CCOc1ccc(NC(=S)c2c(-c3ccc(Cl)cc3)c3c4n(c(-c5cccc(S(=O)(=O)N6CCOCC6)c5)nn24)CCCC3)cc1. The maximum atomic E-state index is 13.6. The molecule has 0 unspecified atom stereocenters. The molecule has 9 nitrogen and oxygen atoms in total. The summed E-state index contributed by atoms with van der Waals surface area (Å²) in [5.41, 5.74) is 6.48. The maximum absolute atomic E-state index is 13.6. The van der Waals surface area contributed by atoms with Gasteiger partial charge in [0.25, 0.3) is 0 Å². The summed E-state index contributed by atoms with van der Waals surface area (Å²) in [4.78, 5) is 0.770. The summed E-state index contributed by atoms with van der Waals surface area (Å²) in [6, 6.07) is 22.6. The molecule has 12 heteroatoms. The molecule has 1 N–H and O–H groups in total. The molecule has 0 atom stereocenters. The van der Waals surface area contributed by atoms with Crippen LogP contribution in [0.5, 0.6) is 5.75 Å². The van der Waals surface area contributed by atoms with Crippen LogP contribution in [-0.2, 0) is 27.7 Å². The van der Waals surface area contributed by atoms with Crippen LogP contribution in [0.15, 0.2) is 77.7 Å². The van der Waals surface area contributed by atoms with Gasteiger partial charge in [-0.25, -0.2) is 12.9 Å². The normalized spacial score (nSPS) is 15.5. The summed E-state index contributed by atoms with van der Waals surface area (Å²) in [6.07, 6.45) is 2.80. The number of rotatable bonds is 8. The number of nitrogens with zero attached hydrogens (tertiary/aromatic N) is 4. The van der Waals surface area contributed by atoms with Crippen LogP contribution in [0.1, 0.15) is 31.0 Å². The first kappa shape index (κ1) is 30.9. The fourth-order valence-electron chi connectivity index (χ4n) is 6.31. The van der Waals surface area contributed by atoms with E-state index >= 15 is 0 Å². The molecule has 7 rings (SSSR count). The Hall–Kier alpha value is -3.74. The van der Waals surface area contributed by atoms with Crippen LogP contribution >= 0.6 is 23.8 Å². The van der Waals surface area contributed by atoms with E-state index in [9.17, 15) is 8.42 Å². The Kier molecular flexibility index (Phi) is 8.60. The Balaban J connectivity index is 1.37. The van der Waals surface area contributed by atoms with Crippen molar-refractivity contribution in [1.29, 1.82) is 0 Å². The van der Waals surface area contributed by atoms with E-state index in [0.717, 1.165) is 70.8 Å². The first-order valence-electron chi connectivity index (χ1n) is 15.5. The molecule has 1 saturated heterocycles. The van der Waals surface area contributed by atoms with Gasteiger partial charge in [-0.05, 0) is 80.3 Å². The zero-order valence-electron chi connectivity index (χ0n) is 25.4. The van der Waals surface area contributed by atoms with Crippen molar-refractivity contribution in [1.82, 2.24) is 18.5 Å². The summed E-state index contributed by atoms with van der Waals surface area (Å²) in [5.74, 6) is 1.49.